The Bertz CT molecular complexity index is 537. The van der Waals surface area contributed by atoms with Crippen LogP contribution in [0.3, 0.4) is 0 Å². The Morgan fingerprint density at radius 1 is 1.24 bits per heavy atom. The van der Waals surface area contributed by atoms with Crippen LogP contribution in [0.1, 0.15) is 42.3 Å². The first-order valence-electron chi connectivity index (χ1n) is 6.37. The van der Waals surface area contributed by atoms with Crippen LogP contribution in [0, 0.1) is 20.8 Å². The lowest BCUT2D eigenvalue weighted by atomic mass is 9.99. The molecule has 0 spiro atoms. The normalized spacial score (nSPS) is 13.2. The molecule has 0 aliphatic carbocycles. The highest BCUT2D eigenvalue weighted by molar-refractivity contribution is 5.88. The number of H-pyrrole nitrogens is 1. The van der Waals surface area contributed by atoms with E-state index in [4.69, 9.17) is 0 Å². The predicted molar refractivity (Wildman–Crippen MR) is 74.6 cm³/mol. The van der Waals surface area contributed by atoms with Gasteiger partial charge in [-0.15, -0.1) is 0 Å². The molecule has 0 amide bonds. The molecule has 2 N–H and O–H groups in total. The van der Waals surface area contributed by atoms with Gasteiger partial charge in [0.15, 0.2) is 0 Å². The number of aromatic nitrogens is 1. The summed E-state index contributed by atoms with van der Waals surface area (Å²) in [5.74, 6) is 0. The first-order valence-corrected chi connectivity index (χ1v) is 6.37. The van der Waals surface area contributed by atoms with E-state index in [2.05, 4.69) is 57.1 Å². The van der Waals surface area contributed by atoms with Gasteiger partial charge in [0.25, 0.3) is 0 Å². The molecule has 0 bridgehead atoms. The fraction of sp³-hybridized carbons (Fsp3) is 0.467. The summed E-state index contributed by atoms with van der Waals surface area (Å²) in [6.45, 7) is 11.9. The Labute approximate surface area is 103 Å². The number of aryl methyl sites for hydroxylation is 3. The monoisotopic (exact) mass is 230 g/mol. The van der Waals surface area contributed by atoms with Crippen LogP contribution in [0.25, 0.3) is 10.9 Å². The molecule has 0 saturated carbocycles. The zero-order chi connectivity index (χ0) is 12.6. The number of aromatic amines is 1. The SMILES string of the molecule is CCNC(C)c1c(C)[nH]c2cc(C)cc(C)c12. The molecule has 0 radical (unpaired) electrons. The smallest absolute Gasteiger partial charge is 0.0464 e. The number of hydrogen-bond acceptors (Lipinski definition) is 1. The molecule has 1 aromatic heterocycles. The molecule has 0 fully saturated rings. The van der Waals surface area contributed by atoms with Gasteiger partial charge < -0.3 is 10.3 Å². The maximum absolute atomic E-state index is 3.51. The van der Waals surface area contributed by atoms with Gasteiger partial charge in [0.2, 0.25) is 0 Å². The zero-order valence-electron chi connectivity index (χ0n) is 11.4. The van der Waals surface area contributed by atoms with E-state index in [0.717, 1.165) is 6.54 Å². The van der Waals surface area contributed by atoms with Crippen molar-refractivity contribution in [2.24, 2.45) is 0 Å². The van der Waals surface area contributed by atoms with E-state index in [1.54, 1.807) is 0 Å². The summed E-state index contributed by atoms with van der Waals surface area (Å²) in [6.07, 6.45) is 0. The van der Waals surface area contributed by atoms with Crippen molar-refractivity contribution in [3.8, 4) is 0 Å². The molecule has 0 aliphatic rings. The fourth-order valence-electron chi connectivity index (χ4n) is 2.83. The lowest BCUT2D eigenvalue weighted by Crippen LogP contribution is -2.18. The van der Waals surface area contributed by atoms with Crippen LogP contribution in [0.15, 0.2) is 12.1 Å². The van der Waals surface area contributed by atoms with E-state index < -0.39 is 0 Å². The zero-order valence-corrected chi connectivity index (χ0v) is 11.4. The number of nitrogens with one attached hydrogen (secondary N) is 2. The molecular formula is C15H22N2. The molecule has 1 unspecified atom stereocenters. The van der Waals surface area contributed by atoms with Gasteiger partial charge in [-0.3, -0.25) is 0 Å². The summed E-state index contributed by atoms with van der Waals surface area (Å²) in [5, 5.41) is 4.89. The topological polar surface area (TPSA) is 27.8 Å². The quantitative estimate of drug-likeness (QED) is 0.825. The lowest BCUT2D eigenvalue weighted by molar-refractivity contribution is 0.598. The molecule has 17 heavy (non-hydrogen) atoms. The molecule has 1 heterocycles. The van der Waals surface area contributed by atoms with Crippen molar-refractivity contribution in [1.82, 2.24) is 10.3 Å². The van der Waals surface area contributed by atoms with E-state index in [-0.39, 0.29) is 0 Å². The third-order valence-electron chi connectivity index (χ3n) is 3.42. The van der Waals surface area contributed by atoms with Gasteiger partial charge in [-0.05, 0) is 57.0 Å². The number of benzene rings is 1. The second-order valence-corrected chi connectivity index (χ2v) is 4.95. The number of rotatable bonds is 3. The highest BCUT2D eigenvalue weighted by Crippen LogP contribution is 2.31. The van der Waals surface area contributed by atoms with Crippen LogP contribution in [0.2, 0.25) is 0 Å². The van der Waals surface area contributed by atoms with Crippen molar-refractivity contribution in [3.63, 3.8) is 0 Å². The molecule has 1 atom stereocenters. The fourth-order valence-corrected chi connectivity index (χ4v) is 2.83. The Balaban J connectivity index is 2.66. The van der Waals surface area contributed by atoms with Crippen LogP contribution >= 0.6 is 0 Å². The van der Waals surface area contributed by atoms with Crippen LogP contribution < -0.4 is 5.32 Å². The maximum atomic E-state index is 3.51. The van der Waals surface area contributed by atoms with Crippen LogP contribution in [-0.4, -0.2) is 11.5 Å². The third kappa shape index (κ3) is 2.09. The molecular weight excluding hydrogens is 208 g/mol. The Morgan fingerprint density at radius 2 is 1.94 bits per heavy atom. The Hall–Kier alpha value is -1.28. The molecule has 2 aromatic rings. The second kappa shape index (κ2) is 4.53. The van der Waals surface area contributed by atoms with Gasteiger partial charge in [-0.25, -0.2) is 0 Å². The minimum Gasteiger partial charge on any atom is -0.358 e. The molecule has 1 aromatic carbocycles. The standard InChI is InChI=1S/C15H22N2/c1-6-16-11(4)15-12(5)17-13-8-9(2)7-10(3)14(13)15/h7-8,11,16-17H,6H2,1-5H3. The van der Waals surface area contributed by atoms with Gasteiger partial charge in [0.1, 0.15) is 0 Å². The highest BCUT2D eigenvalue weighted by atomic mass is 14.9. The second-order valence-electron chi connectivity index (χ2n) is 4.95. The van der Waals surface area contributed by atoms with E-state index in [1.165, 1.54) is 33.3 Å². The van der Waals surface area contributed by atoms with E-state index >= 15 is 0 Å². The van der Waals surface area contributed by atoms with Crippen LogP contribution in [0.5, 0.6) is 0 Å². The summed E-state index contributed by atoms with van der Waals surface area (Å²) < 4.78 is 0. The summed E-state index contributed by atoms with van der Waals surface area (Å²) in [4.78, 5) is 3.51. The van der Waals surface area contributed by atoms with Crippen molar-refractivity contribution in [2.75, 3.05) is 6.54 Å². The van der Waals surface area contributed by atoms with Gasteiger partial charge >= 0.3 is 0 Å². The van der Waals surface area contributed by atoms with Crippen molar-refractivity contribution >= 4 is 10.9 Å². The van der Waals surface area contributed by atoms with Gasteiger partial charge in [0.05, 0.1) is 0 Å². The first kappa shape index (κ1) is 12.2. The van der Waals surface area contributed by atoms with Gasteiger partial charge in [-0.2, -0.15) is 0 Å². The van der Waals surface area contributed by atoms with E-state index in [9.17, 15) is 0 Å². The van der Waals surface area contributed by atoms with E-state index in [0.29, 0.717) is 6.04 Å². The summed E-state index contributed by atoms with van der Waals surface area (Å²) in [5.41, 5.74) is 6.64. The van der Waals surface area contributed by atoms with Crippen LogP contribution in [-0.2, 0) is 0 Å². The average Bonchev–Trinajstić information content (AvgIpc) is 2.54. The molecule has 0 aliphatic heterocycles. The molecule has 0 saturated heterocycles. The van der Waals surface area contributed by atoms with Crippen molar-refractivity contribution < 1.29 is 0 Å². The minimum atomic E-state index is 0.398. The summed E-state index contributed by atoms with van der Waals surface area (Å²) in [6, 6.07) is 4.89. The maximum Gasteiger partial charge on any atom is 0.0464 e. The predicted octanol–water partition coefficient (Wildman–Crippen LogP) is 3.76. The van der Waals surface area contributed by atoms with Crippen molar-refractivity contribution in [1.29, 1.82) is 0 Å². The first-order chi connectivity index (χ1) is 8.04. The minimum absolute atomic E-state index is 0.398. The molecule has 2 nitrogen and oxygen atoms in total. The largest absolute Gasteiger partial charge is 0.358 e. The summed E-state index contributed by atoms with van der Waals surface area (Å²) in [7, 11) is 0. The third-order valence-corrected chi connectivity index (χ3v) is 3.42. The molecule has 2 heteroatoms. The average molecular weight is 230 g/mol. The highest BCUT2D eigenvalue weighted by Gasteiger charge is 2.15. The van der Waals surface area contributed by atoms with Crippen molar-refractivity contribution in [3.05, 3.63) is 34.5 Å². The number of fused-ring (bicyclic) bond motifs is 1. The Morgan fingerprint density at radius 3 is 2.59 bits per heavy atom. The van der Waals surface area contributed by atoms with Crippen LogP contribution in [0.4, 0.5) is 0 Å². The van der Waals surface area contributed by atoms with Gasteiger partial charge in [0, 0.05) is 22.6 Å². The lowest BCUT2D eigenvalue weighted by Gasteiger charge is -2.14. The summed E-state index contributed by atoms with van der Waals surface area (Å²) >= 11 is 0. The number of hydrogen-bond donors (Lipinski definition) is 2. The van der Waals surface area contributed by atoms with Gasteiger partial charge in [-0.1, -0.05) is 13.0 Å². The van der Waals surface area contributed by atoms with Crippen molar-refractivity contribution in [2.45, 2.75) is 40.7 Å². The molecule has 92 valence electrons. The molecule has 2 rings (SSSR count). The Kier molecular flexibility index (Phi) is 3.25. The van der Waals surface area contributed by atoms with E-state index in [1.807, 2.05) is 0 Å².